The molecule has 0 aromatic heterocycles. The number of hydrogen-bond donors (Lipinski definition) is 0. The second kappa shape index (κ2) is 10.8. The largest absolute Gasteiger partial charge is 0.493 e. The van der Waals surface area contributed by atoms with Crippen molar-refractivity contribution in [3.05, 3.63) is 113 Å². The van der Waals surface area contributed by atoms with Gasteiger partial charge < -0.3 is 9.47 Å². The third-order valence-electron chi connectivity index (χ3n) is 5.76. The van der Waals surface area contributed by atoms with Crippen molar-refractivity contribution in [1.29, 1.82) is 0 Å². The predicted molar refractivity (Wildman–Crippen MR) is 129 cm³/mol. The van der Waals surface area contributed by atoms with E-state index in [1.165, 1.54) is 17.7 Å². The van der Waals surface area contributed by atoms with Crippen LogP contribution in [0.15, 0.2) is 90.5 Å². The molecule has 3 aromatic carbocycles. The van der Waals surface area contributed by atoms with Gasteiger partial charge in [-0.1, -0.05) is 60.7 Å². The number of allylic oxidation sites excluding steroid dienone is 4. The Morgan fingerprint density at radius 3 is 2.48 bits per heavy atom. The first kappa shape index (κ1) is 22.5. The predicted octanol–water partition coefficient (Wildman–Crippen LogP) is 7.18. The molecule has 1 aliphatic carbocycles. The van der Waals surface area contributed by atoms with Crippen molar-refractivity contribution in [2.75, 3.05) is 7.11 Å². The van der Waals surface area contributed by atoms with Gasteiger partial charge in [0.15, 0.2) is 17.3 Å². The number of ketones is 1. The first-order valence-electron chi connectivity index (χ1n) is 11.2. The number of carbonyl (C=O) groups is 1. The van der Waals surface area contributed by atoms with Crippen molar-refractivity contribution in [3.8, 4) is 11.5 Å². The molecule has 168 valence electrons. The zero-order valence-corrected chi connectivity index (χ0v) is 18.7. The van der Waals surface area contributed by atoms with E-state index in [-0.39, 0.29) is 11.6 Å². The molecule has 3 nitrogen and oxygen atoms in total. The molecule has 0 saturated heterocycles. The van der Waals surface area contributed by atoms with Crippen LogP contribution in [0.1, 0.15) is 47.2 Å². The van der Waals surface area contributed by atoms with Gasteiger partial charge in [-0.15, -0.1) is 0 Å². The Labute approximate surface area is 194 Å². The quantitative estimate of drug-likeness (QED) is 0.364. The van der Waals surface area contributed by atoms with Gasteiger partial charge in [-0.05, 0) is 72.2 Å². The van der Waals surface area contributed by atoms with E-state index in [1.807, 2.05) is 54.6 Å². The normalized spacial score (nSPS) is 15.5. The minimum absolute atomic E-state index is 0.0904. The number of methoxy groups -OCH3 is 1. The average molecular weight is 443 g/mol. The van der Waals surface area contributed by atoms with Gasteiger partial charge in [0.25, 0.3) is 0 Å². The molecule has 0 bridgehead atoms. The molecule has 0 aliphatic heterocycles. The summed E-state index contributed by atoms with van der Waals surface area (Å²) < 4.78 is 25.1. The number of halogens is 1. The summed E-state index contributed by atoms with van der Waals surface area (Å²) in [6.45, 7) is 0.466. The molecule has 4 rings (SSSR count). The summed E-state index contributed by atoms with van der Waals surface area (Å²) in [6, 6.07) is 21.9. The highest BCUT2D eigenvalue weighted by Crippen LogP contribution is 2.34. The van der Waals surface area contributed by atoms with Crippen molar-refractivity contribution in [2.24, 2.45) is 0 Å². The minimum atomic E-state index is -0.390. The van der Waals surface area contributed by atoms with Gasteiger partial charge in [0.2, 0.25) is 0 Å². The van der Waals surface area contributed by atoms with Crippen LogP contribution < -0.4 is 9.47 Å². The van der Waals surface area contributed by atoms with E-state index in [1.54, 1.807) is 19.2 Å². The van der Waals surface area contributed by atoms with Crippen molar-refractivity contribution in [1.82, 2.24) is 0 Å². The topological polar surface area (TPSA) is 35.5 Å². The molecule has 0 N–H and O–H groups in total. The maximum Gasteiger partial charge on any atom is 0.188 e. The van der Waals surface area contributed by atoms with E-state index in [4.69, 9.17) is 9.47 Å². The van der Waals surface area contributed by atoms with E-state index in [9.17, 15) is 9.18 Å². The number of Topliss-reactive ketones (excluding diaryl/α,β-unsaturated/α-hetero) is 1. The molecule has 4 heteroatoms. The summed E-state index contributed by atoms with van der Waals surface area (Å²) in [5, 5.41) is 0. The lowest BCUT2D eigenvalue weighted by atomic mass is 9.91. The first-order chi connectivity index (χ1) is 16.1. The third-order valence-corrected chi connectivity index (χ3v) is 5.76. The maximum atomic E-state index is 13.5. The summed E-state index contributed by atoms with van der Waals surface area (Å²) in [5.74, 6) is 0.926. The van der Waals surface area contributed by atoms with Crippen LogP contribution in [0.3, 0.4) is 0 Å². The van der Waals surface area contributed by atoms with Crippen LogP contribution in [0, 0.1) is 5.82 Å². The van der Waals surface area contributed by atoms with Crippen LogP contribution in [0.5, 0.6) is 11.5 Å². The Morgan fingerprint density at radius 2 is 1.70 bits per heavy atom. The molecule has 0 amide bonds. The highest BCUT2D eigenvalue weighted by molar-refractivity contribution is 6.08. The van der Waals surface area contributed by atoms with E-state index < -0.39 is 0 Å². The summed E-state index contributed by atoms with van der Waals surface area (Å²) >= 11 is 0. The molecule has 0 heterocycles. The number of benzene rings is 3. The van der Waals surface area contributed by atoms with Gasteiger partial charge in [-0.25, -0.2) is 4.39 Å². The van der Waals surface area contributed by atoms with E-state index in [0.717, 1.165) is 36.0 Å². The van der Waals surface area contributed by atoms with Crippen molar-refractivity contribution < 1.29 is 18.7 Å². The smallest absolute Gasteiger partial charge is 0.188 e. The highest BCUT2D eigenvalue weighted by Gasteiger charge is 2.15. The second-order valence-electron chi connectivity index (χ2n) is 8.02. The Kier molecular flexibility index (Phi) is 7.36. The zero-order valence-electron chi connectivity index (χ0n) is 18.7. The molecule has 0 saturated carbocycles. The molecule has 3 aromatic rings. The molecule has 1 aliphatic rings. The summed E-state index contributed by atoms with van der Waals surface area (Å²) in [7, 11) is 1.64. The molecule has 0 fully saturated rings. The second-order valence-corrected chi connectivity index (χ2v) is 8.02. The Morgan fingerprint density at radius 1 is 0.879 bits per heavy atom. The Bertz CT molecular complexity index is 1180. The fourth-order valence-corrected chi connectivity index (χ4v) is 4.02. The molecule has 0 atom stereocenters. The van der Waals surface area contributed by atoms with Crippen LogP contribution in [0.25, 0.3) is 5.57 Å². The monoisotopic (exact) mass is 442 g/mol. The molecule has 0 spiro atoms. The number of ether oxygens (including phenoxy) is 2. The van der Waals surface area contributed by atoms with E-state index >= 15 is 0 Å². The molecular weight excluding hydrogens is 415 g/mol. The lowest BCUT2D eigenvalue weighted by Crippen LogP contribution is -2.05. The number of rotatable bonds is 7. The van der Waals surface area contributed by atoms with Gasteiger partial charge in [0.05, 0.1) is 7.11 Å². The highest BCUT2D eigenvalue weighted by atomic mass is 19.1. The lowest BCUT2D eigenvalue weighted by molar-refractivity contribution is 0.103. The summed E-state index contributed by atoms with van der Waals surface area (Å²) in [6.07, 6.45) is 7.12. The standard InChI is InChI=1S/C29H27FO3/c1-32-27-17-16-24(19-28(27)33-20-21-8-3-2-4-9-21)22-10-5-12-23(13-6-11-22)29(31)25-14-7-15-26(30)18-25/h2-4,7-10,13-19H,5-6,11-12,20H2,1H3/b22-10-,23-13?. The van der Waals surface area contributed by atoms with Gasteiger partial charge in [-0.3, -0.25) is 4.79 Å². The van der Waals surface area contributed by atoms with Crippen LogP contribution in [-0.2, 0) is 6.61 Å². The number of hydrogen-bond acceptors (Lipinski definition) is 3. The first-order valence-corrected chi connectivity index (χ1v) is 11.2. The zero-order chi connectivity index (χ0) is 23.0. The molecule has 0 unspecified atom stereocenters. The molecular formula is C29H27FO3. The average Bonchev–Trinajstić information content (AvgIpc) is 2.83. The molecule has 0 radical (unpaired) electrons. The number of carbonyl (C=O) groups excluding carboxylic acids is 1. The van der Waals surface area contributed by atoms with Crippen LogP contribution >= 0.6 is 0 Å². The van der Waals surface area contributed by atoms with Crippen molar-refractivity contribution in [2.45, 2.75) is 32.3 Å². The van der Waals surface area contributed by atoms with Crippen molar-refractivity contribution in [3.63, 3.8) is 0 Å². The van der Waals surface area contributed by atoms with E-state index in [0.29, 0.717) is 30.1 Å². The maximum absolute atomic E-state index is 13.5. The lowest BCUT2D eigenvalue weighted by Gasteiger charge is -2.16. The van der Waals surface area contributed by atoms with Crippen molar-refractivity contribution >= 4 is 11.4 Å². The Balaban J connectivity index is 1.46. The third kappa shape index (κ3) is 5.78. The van der Waals surface area contributed by atoms with Gasteiger partial charge >= 0.3 is 0 Å². The fraction of sp³-hybridized carbons (Fsp3) is 0.207. The SMILES string of the molecule is COc1ccc(/C2=C\CCC(C(=O)c3cccc(F)c3)=CCC2)cc1OCc1ccccc1. The van der Waals surface area contributed by atoms with Crippen LogP contribution in [0.2, 0.25) is 0 Å². The summed E-state index contributed by atoms with van der Waals surface area (Å²) in [4.78, 5) is 12.8. The Hall–Kier alpha value is -3.66. The van der Waals surface area contributed by atoms with Gasteiger partial charge in [0.1, 0.15) is 12.4 Å². The summed E-state index contributed by atoms with van der Waals surface area (Å²) in [5.41, 5.74) is 4.55. The fourth-order valence-electron chi connectivity index (χ4n) is 4.02. The van der Waals surface area contributed by atoms with Gasteiger partial charge in [-0.2, -0.15) is 0 Å². The van der Waals surface area contributed by atoms with Crippen LogP contribution in [-0.4, -0.2) is 12.9 Å². The minimum Gasteiger partial charge on any atom is -0.493 e. The van der Waals surface area contributed by atoms with E-state index in [2.05, 4.69) is 6.08 Å². The molecule has 33 heavy (non-hydrogen) atoms. The van der Waals surface area contributed by atoms with Crippen LogP contribution in [0.4, 0.5) is 4.39 Å². The van der Waals surface area contributed by atoms with Gasteiger partial charge in [0, 0.05) is 5.56 Å².